The normalized spacial score (nSPS) is 33.8. The Hall–Kier alpha value is -2.93. The summed E-state index contributed by atoms with van der Waals surface area (Å²) in [7, 11) is -1.42. The second-order valence-corrected chi connectivity index (χ2v) is 20.4. The average molecular weight is 731 g/mol. The monoisotopic (exact) mass is 730 g/mol. The van der Waals surface area contributed by atoms with E-state index in [4.69, 9.17) is 37.6 Å². The Labute approximate surface area is 309 Å². The lowest BCUT2D eigenvalue weighted by Gasteiger charge is -2.62. The predicted octanol–water partition coefficient (Wildman–Crippen LogP) is 6.23. The van der Waals surface area contributed by atoms with Crippen molar-refractivity contribution in [3.05, 3.63) is 96.6 Å². The van der Waals surface area contributed by atoms with E-state index in [1.165, 1.54) is 0 Å². The summed E-state index contributed by atoms with van der Waals surface area (Å²) in [5.41, 5.74) is 0.418. The highest BCUT2D eigenvalue weighted by Gasteiger charge is 2.69. The molecule has 4 aliphatic rings. The Morgan fingerprint density at radius 3 is 1.75 bits per heavy atom. The van der Waals surface area contributed by atoms with Gasteiger partial charge in [0.25, 0.3) is 8.32 Å². The van der Waals surface area contributed by atoms with E-state index in [-0.39, 0.29) is 11.6 Å². The minimum atomic E-state index is -2.97. The van der Waals surface area contributed by atoms with Crippen LogP contribution in [0.3, 0.4) is 0 Å². The number of hydrogen-bond donors (Lipinski definition) is 0. The van der Waals surface area contributed by atoms with Crippen molar-refractivity contribution in [2.24, 2.45) is 11.8 Å². The molecule has 280 valence electrons. The third-order valence-electron chi connectivity index (χ3n) is 11.3. The Balaban J connectivity index is 1.30. The van der Waals surface area contributed by atoms with Gasteiger partial charge in [0.15, 0.2) is 12.4 Å². The van der Waals surface area contributed by atoms with Crippen molar-refractivity contribution in [1.82, 2.24) is 0 Å². The van der Waals surface area contributed by atoms with Gasteiger partial charge in [0.2, 0.25) is 11.6 Å². The third-order valence-corrected chi connectivity index (χ3v) is 16.3. The smallest absolute Gasteiger partial charge is 0.338 e. The van der Waals surface area contributed by atoms with Gasteiger partial charge in [0.1, 0.15) is 18.3 Å². The maximum Gasteiger partial charge on any atom is 0.338 e. The van der Waals surface area contributed by atoms with Crippen molar-refractivity contribution in [2.75, 3.05) is 26.9 Å². The number of methoxy groups -OCH3 is 1. The molecular formula is C42H54O9Si. The van der Waals surface area contributed by atoms with E-state index in [0.717, 1.165) is 23.2 Å². The molecule has 2 spiro atoms. The van der Waals surface area contributed by atoms with Crippen LogP contribution in [0.25, 0.3) is 0 Å². The van der Waals surface area contributed by atoms with Gasteiger partial charge in [0, 0.05) is 20.0 Å². The summed E-state index contributed by atoms with van der Waals surface area (Å²) in [6.07, 6.45) is -1.19. The van der Waals surface area contributed by atoms with Crippen LogP contribution < -0.4 is 10.4 Å². The SMILES string of the molecule is CO[C@H]1O[C@H](CO[Si](c2ccccc2)(c2ccccc2)C(C)(C)C)[C@H]2O[C@@]3(C[C@H](C)CCO3)[C@]3(C[C@@H](C)CCO3)O[C@@H]2[C@H]1OC(=O)c1ccccc1. The first-order valence-corrected chi connectivity index (χ1v) is 20.7. The quantitative estimate of drug-likeness (QED) is 0.198. The van der Waals surface area contributed by atoms with E-state index < -0.39 is 56.6 Å². The van der Waals surface area contributed by atoms with E-state index in [1.54, 1.807) is 31.4 Å². The number of ether oxygens (including phenoxy) is 7. The van der Waals surface area contributed by atoms with E-state index >= 15 is 0 Å². The number of fused-ring (bicyclic) bond motifs is 2. The molecular weight excluding hydrogens is 677 g/mol. The molecule has 4 fully saturated rings. The summed E-state index contributed by atoms with van der Waals surface area (Å²) < 4.78 is 54.4. The van der Waals surface area contributed by atoms with E-state index in [9.17, 15) is 4.79 Å². The average Bonchev–Trinajstić information content (AvgIpc) is 3.14. The first-order valence-electron chi connectivity index (χ1n) is 18.8. The summed E-state index contributed by atoms with van der Waals surface area (Å²) >= 11 is 0. The lowest BCUT2D eigenvalue weighted by atomic mass is 9.80. The highest BCUT2D eigenvalue weighted by molar-refractivity contribution is 6.99. The Morgan fingerprint density at radius 1 is 0.769 bits per heavy atom. The third kappa shape index (κ3) is 6.81. The maximum atomic E-state index is 13.7. The van der Waals surface area contributed by atoms with Crippen molar-refractivity contribution in [2.45, 2.75) is 108 Å². The fraction of sp³-hybridized carbons (Fsp3) is 0.548. The number of hydrogen-bond acceptors (Lipinski definition) is 9. The van der Waals surface area contributed by atoms with Gasteiger partial charge in [-0.2, -0.15) is 0 Å². The van der Waals surface area contributed by atoms with Crippen LogP contribution in [0.15, 0.2) is 91.0 Å². The van der Waals surface area contributed by atoms with Gasteiger partial charge in [-0.1, -0.05) is 113 Å². The molecule has 52 heavy (non-hydrogen) atoms. The van der Waals surface area contributed by atoms with Crippen molar-refractivity contribution in [3.8, 4) is 0 Å². The lowest BCUT2D eigenvalue weighted by Crippen LogP contribution is -2.77. The predicted molar refractivity (Wildman–Crippen MR) is 199 cm³/mol. The number of carbonyl (C=O) groups excluding carboxylic acids is 1. The van der Waals surface area contributed by atoms with Crippen molar-refractivity contribution >= 4 is 24.7 Å². The summed E-state index contributed by atoms with van der Waals surface area (Å²) in [5, 5.41) is 2.05. The molecule has 0 bridgehead atoms. The molecule has 0 aromatic heterocycles. The summed E-state index contributed by atoms with van der Waals surface area (Å²) in [6.45, 7) is 12.4. The number of benzene rings is 3. The molecule has 0 amide bonds. The van der Waals surface area contributed by atoms with Crippen molar-refractivity contribution in [3.63, 3.8) is 0 Å². The zero-order valence-electron chi connectivity index (χ0n) is 31.3. The lowest BCUT2D eigenvalue weighted by molar-refractivity contribution is -0.508. The van der Waals surface area contributed by atoms with E-state index in [2.05, 4.69) is 83.1 Å². The molecule has 3 aromatic carbocycles. The molecule has 0 N–H and O–H groups in total. The largest absolute Gasteiger partial charge is 0.450 e. The van der Waals surface area contributed by atoms with Crippen LogP contribution in [0.4, 0.5) is 0 Å². The maximum absolute atomic E-state index is 13.7. The second-order valence-electron chi connectivity index (χ2n) is 16.1. The minimum Gasteiger partial charge on any atom is -0.450 e. The topological polar surface area (TPSA) is 90.9 Å². The molecule has 9 nitrogen and oxygen atoms in total. The van der Waals surface area contributed by atoms with Gasteiger partial charge in [-0.05, 0) is 52.2 Å². The van der Waals surface area contributed by atoms with Crippen LogP contribution in [-0.4, -0.2) is 83.5 Å². The van der Waals surface area contributed by atoms with Crippen LogP contribution in [0.2, 0.25) is 5.04 Å². The first kappa shape index (κ1) is 37.4. The molecule has 4 heterocycles. The van der Waals surface area contributed by atoms with Gasteiger partial charge in [-0.3, -0.25) is 0 Å². The molecule has 4 aliphatic heterocycles. The Bertz CT molecular complexity index is 1600. The van der Waals surface area contributed by atoms with Gasteiger partial charge in [-0.15, -0.1) is 0 Å². The van der Waals surface area contributed by atoms with Crippen LogP contribution in [-0.2, 0) is 37.6 Å². The van der Waals surface area contributed by atoms with Crippen molar-refractivity contribution < 1.29 is 42.4 Å². The highest BCUT2D eigenvalue weighted by atomic mass is 28.4. The number of carbonyl (C=O) groups is 1. The molecule has 0 radical (unpaired) electrons. The fourth-order valence-electron chi connectivity index (χ4n) is 8.74. The van der Waals surface area contributed by atoms with Crippen LogP contribution in [0.5, 0.6) is 0 Å². The standard InChI is InChI=1S/C42H54O9Si/c1-29-22-24-45-41(26-29)42(27-30(2)23-25-46-42)51-36-35(50-41)34(48-39(44-6)37(36)49-38(43)31-16-10-7-11-17-31)28-47-52(40(3,4)5,32-18-12-8-13-19-32)33-20-14-9-15-21-33/h7-21,29-30,34-37,39H,22-28H2,1-6H3/t29-,30+,34-,35-,36+,37-,39+,41+,42+/m1/s1. The van der Waals surface area contributed by atoms with Gasteiger partial charge >= 0.3 is 5.97 Å². The second kappa shape index (κ2) is 15.1. The van der Waals surface area contributed by atoms with Crippen LogP contribution in [0, 0.1) is 11.8 Å². The van der Waals surface area contributed by atoms with E-state index in [0.29, 0.717) is 43.5 Å². The van der Waals surface area contributed by atoms with Crippen LogP contribution >= 0.6 is 0 Å². The number of rotatable bonds is 8. The minimum absolute atomic E-state index is 0.174. The molecule has 0 unspecified atom stereocenters. The van der Waals surface area contributed by atoms with Gasteiger partial charge < -0.3 is 37.6 Å². The summed E-state index contributed by atoms with van der Waals surface area (Å²) in [5.74, 6) is -2.30. The van der Waals surface area contributed by atoms with Crippen molar-refractivity contribution in [1.29, 1.82) is 0 Å². The zero-order chi connectivity index (χ0) is 36.6. The zero-order valence-corrected chi connectivity index (χ0v) is 32.3. The molecule has 4 saturated heterocycles. The molecule has 0 aliphatic carbocycles. The molecule has 10 heteroatoms. The fourth-order valence-corrected chi connectivity index (χ4v) is 13.3. The number of esters is 1. The molecule has 9 atom stereocenters. The van der Waals surface area contributed by atoms with Gasteiger partial charge in [0.05, 0.1) is 25.4 Å². The highest BCUT2D eigenvalue weighted by Crippen LogP contribution is 2.53. The Morgan fingerprint density at radius 2 is 1.27 bits per heavy atom. The van der Waals surface area contributed by atoms with E-state index in [1.807, 2.05) is 18.2 Å². The van der Waals surface area contributed by atoms with Crippen LogP contribution in [0.1, 0.15) is 70.7 Å². The van der Waals surface area contributed by atoms with Gasteiger partial charge in [-0.25, -0.2) is 4.79 Å². The molecule has 3 aromatic rings. The molecule has 0 saturated carbocycles. The molecule has 7 rings (SSSR count). The summed E-state index contributed by atoms with van der Waals surface area (Å²) in [4.78, 5) is 13.7. The summed E-state index contributed by atoms with van der Waals surface area (Å²) in [6, 6.07) is 30.0. The first-order chi connectivity index (χ1) is 25.0. The Kier molecular flexibility index (Phi) is 10.8.